The van der Waals surface area contributed by atoms with Crippen molar-refractivity contribution in [2.24, 2.45) is 0 Å². The topological polar surface area (TPSA) is 36.9 Å². The third-order valence-corrected chi connectivity index (χ3v) is 3.09. The number of rotatable bonds is 4. The van der Waals surface area contributed by atoms with Gasteiger partial charge in [-0.05, 0) is 0 Å². The van der Waals surface area contributed by atoms with E-state index in [1.54, 1.807) is 16.1 Å². The van der Waals surface area contributed by atoms with E-state index in [-0.39, 0.29) is 24.4 Å². The van der Waals surface area contributed by atoms with E-state index in [1.165, 1.54) is 0 Å². The van der Waals surface area contributed by atoms with Gasteiger partial charge < -0.3 is 18.4 Å². The first kappa shape index (κ1) is 11.9. The summed E-state index contributed by atoms with van der Waals surface area (Å²) in [5, 5.41) is 0. The zero-order valence-electron chi connectivity index (χ0n) is 7.80. The molecule has 0 saturated heterocycles. The Morgan fingerprint density at radius 2 is 1.62 bits per heavy atom. The van der Waals surface area contributed by atoms with Gasteiger partial charge in [-0.1, -0.05) is 0 Å². The highest BCUT2D eigenvalue weighted by molar-refractivity contribution is 7.10. The third-order valence-electron chi connectivity index (χ3n) is 2.43. The van der Waals surface area contributed by atoms with Gasteiger partial charge in [0.25, 0.3) is 16.1 Å². The normalized spacial score (nSPS) is 39.5. The molecular weight excluding hydrogens is 208 g/mol. The molecule has 0 amide bonds. The van der Waals surface area contributed by atoms with Gasteiger partial charge in [0, 0.05) is 25.4 Å². The van der Waals surface area contributed by atoms with E-state index >= 15 is 0 Å². The predicted molar refractivity (Wildman–Crippen MR) is 60.6 cm³/mol. The zero-order valence-corrected chi connectivity index (χ0v) is 10.1. The highest BCUT2D eigenvalue weighted by Gasteiger charge is 2.43. The molecular formula is C5H14B2O4P2. The van der Waals surface area contributed by atoms with Crippen LogP contribution < -0.4 is 0 Å². The highest BCUT2D eigenvalue weighted by atomic mass is 31.0. The standard InChI is InChI=1S/C5H14B2O4P2/c6-8-2-1-3(10-12)4(9-7)5(2)11-13/h2-5H,1,6-7,12-13H2/t2-,3+,4+,5-/m1/s1. The van der Waals surface area contributed by atoms with Gasteiger partial charge in [-0.15, -0.1) is 0 Å². The van der Waals surface area contributed by atoms with Crippen LogP contribution in [-0.2, 0) is 18.4 Å². The molecule has 1 fully saturated rings. The smallest absolute Gasteiger partial charge is 0.257 e. The van der Waals surface area contributed by atoms with Crippen LogP contribution >= 0.6 is 18.9 Å². The second-order valence-corrected chi connectivity index (χ2v) is 3.53. The molecule has 0 aliphatic heterocycles. The van der Waals surface area contributed by atoms with Gasteiger partial charge in [0.15, 0.2) is 0 Å². The number of hydrogen-bond acceptors (Lipinski definition) is 4. The SMILES string of the molecule is BO[C@@H]1[C@H](OP)[C@H](OB)C[C@@H]1OP. The molecule has 0 bridgehead atoms. The second-order valence-electron chi connectivity index (χ2n) is 2.99. The summed E-state index contributed by atoms with van der Waals surface area (Å²) in [4.78, 5) is 0. The van der Waals surface area contributed by atoms with Gasteiger partial charge in [0.1, 0.15) is 6.10 Å². The molecule has 6 atom stereocenters. The summed E-state index contributed by atoms with van der Waals surface area (Å²) in [6.45, 7) is 0. The fourth-order valence-corrected chi connectivity index (χ4v) is 2.33. The largest absolute Gasteiger partial charge is 0.438 e. The lowest BCUT2D eigenvalue weighted by molar-refractivity contribution is 0.0155. The van der Waals surface area contributed by atoms with Crippen molar-refractivity contribution >= 4 is 35.0 Å². The van der Waals surface area contributed by atoms with E-state index < -0.39 is 0 Å². The Balaban J connectivity index is 2.65. The Kier molecular flexibility index (Phi) is 5.17. The quantitative estimate of drug-likeness (QED) is 0.433. The highest BCUT2D eigenvalue weighted by Crippen LogP contribution is 2.31. The average molecular weight is 222 g/mol. The maximum atomic E-state index is 5.29. The zero-order chi connectivity index (χ0) is 9.84. The van der Waals surface area contributed by atoms with Crippen LogP contribution in [0.2, 0.25) is 0 Å². The minimum Gasteiger partial charge on any atom is -0.438 e. The van der Waals surface area contributed by atoms with E-state index in [9.17, 15) is 0 Å². The maximum Gasteiger partial charge on any atom is 0.257 e. The Hall–Kier alpha value is 0.830. The van der Waals surface area contributed by atoms with Crippen LogP contribution in [0.4, 0.5) is 0 Å². The van der Waals surface area contributed by atoms with Gasteiger partial charge in [-0.3, -0.25) is 0 Å². The van der Waals surface area contributed by atoms with Crippen molar-refractivity contribution in [3.05, 3.63) is 0 Å². The lowest BCUT2D eigenvalue weighted by Gasteiger charge is -2.23. The predicted octanol–water partition coefficient (Wildman–Crippen LogP) is -1.39. The van der Waals surface area contributed by atoms with Crippen LogP contribution in [0.3, 0.4) is 0 Å². The molecule has 0 N–H and O–H groups in total. The maximum absolute atomic E-state index is 5.29. The molecule has 0 radical (unpaired) electrons. The van der Waals surface area contributed by atoms with Crippen molar-refractivity contribution < 1.29 is 18.4 Å². The van der Waals surface area contributed by atoms with Crippen LogP contribution in [0.15, 0.2) is 0 Å². The fraction of sp³-hybridized carbons (Fsp3) is 1.00. The van der Waals surface area contributed by atoms with Crippen LogP contribution in [0.1, 0.15) is 6.42 Å². The lowest BCUT2D eigenvalue weighted by atomic mass is 10.2. The minimum atomic E-state index is -0.0782. The Morgan fingerprint density at radius 3 is 2.00 bits per heavy atom. The molecule has 1 rings (SSSR count). The summed E-state index contributed by atoms with van der Waals surface area (Å²) in [6, 6.07) is 0. The Morgan fingerprint density at radius 1 is 0.923 bits per heavy atom. The Bertz CT molecular complexity index is 147. The summed E-state index contributed by atoms with van der Waals surface area (Å²) in [5.74, 6) is 0. The van der Waals surface area contributed by atoms with Gasteiger partial charge >= 0.3 is 0 Å². The van der Waals surface area contributed by atoms with Crippen molar-refractivity contribution in [3.63, 3.8) is 0 Å². The summed E-state index contributed by atoms with van der Waals surface area (Å²) >= 11 is 0. The van der Waals surface area contributed by atoms with Gasteiger partial charge in [-0.2, -0.15) is 0 Å². The van der Waals surface area contributed by atoms with Gasteiger partial charge in [-0.25, -0.2) is 0 Å². The molecule has 74 valence electrons. The van der Waals surface area contributed by atoms with Gasteiger partial charge in [0.05, 0.1) is 18.3 Å². The molecule has 0 aromatic carbocycles. The second kappa shape index (κ2) is 5.65. The monoisotopic (exact) mass is 222 g/mol. The molecule has 0 spiro atoms. The van der Waals surface area contributed by atoms with Crippen molar-refractivity contribution in [2.75, 3.05) is 0 Å². The van der Waals surface area contributed by atoms with E-state index in [1.807, 2.05) is 0 Å². The van der Waals surface area contributed by atoms with Gasteiger partial charge in [0.2, 0.25) is 0 Å². The van der Waals surface area contributed by atoms with Crippen LogP contribution in [-0.4, -0.2) is 40.5 Å². The molecule has 0 aromatic heterocycles. The molecule has 1 aliphatic rings. The van der Waals surface area contributed by atoms with Crippen LogP contribution in [0.25, 0.3) is 0 Å². The molecule has 13 heavy (non-hydrogen) atoms. The molecule has 2 unspecified atom stereocenters. The molecule has 0 aromatic rings. The molecule has 8 heteroatoms. The lowest BCUT2D eigenvalue weighted by Crippen LogP contribution is -2.36. The van der Waals surface area contributed by atoms with Crippen LogP contribution in [0.5, 0.6) is 0 Å². The van der Waals surface area contributed by atoms with E-state index in [4.69, 9.17) is 18.4 Å². The Labute approximate surface area is 84.9 Å². The third kappa shape index (κ3) is 2.44. The summed E-state index contributed by atoms with van der Waals surface area (Å²) in [7, 11) is 7.81. The molecule has 1 saturated carbocycles. The fourth-order valence-electron chi connectivity index (χ4n) is 1.73. The summed E-state index contributed by atoms with van der Waals surface area (Å²) in [6.07, 6.45) is 0.696. The number of hydrogen-bond donors (Lipinski definition) is 0. The van der Waals surface area contributed by atoms with Crippen molar-refractivity contribution in [2.45, 2.75) is 30.8 Å². The first-order chi connectivity index (χ1) is 6.28. The van der Waals surface area contributed by atoms with E-state index in [2.05, 4.69) is 18.9 Å². The van der Waals surface area contributed by atoms with Crippen LogP contribution in [0, 0.1) is 0 Å². The summed E-state index contributed by atoms with van der Waals surface area (Å²) in [5.41, 5.74) is 0. The molecule has 4 nitrogen and oxygen atoms in total. The average Bonchev–Trinajstić information content (AvgIpc) is 2.54. The van der Waals surface area contributed by atoms with E-state index in [0.29, 0.717) is 0 Å². The van der Waals surface area contributed by atoms with Crippen molar-refractivity contribution in [3.8, 4) is 0 Å². The van der Waals surface area contributed by atoms with Crippen molar-refractivity contribution in [1.82, 2.24) is 0 Å². The van der Waals surface area contributed by atoms with E-state index in [0.717, 1.165) is 6.42 Å². The summed E-state index contributed by atoms with van der Waals surface area (Å²) < 4.78 is 21.0. The first-order valence-electron chi connectivity index (χ1n) is 4.05. The van der Waals surface area contributed by atoms with Crippen molar-refractivity contribution in [1.29, 1.82) is 0 Å². The first-order valence-corrected chi connectivity index (χ1v) is 4.99. The molecule has 1 aliphatic carbocycles. The minimum absolute atomic E-state index is 0.0190. The molecule has 0 heterocycles.